The van der Waals surface area contributed by atoms with Gasteiger partial charge in [0.05, 0.1) is 22.5 Å². The summed E-state index contributed by atoms with van der Waals surface area (Å²) in [6.45, 7) is 4.12. The van der Waals surface area contributed by atoms with E-state index in [1.54, 1.807) is 0 Å². The van der Waals surface area contributed by atoms with Gasteiger partial charge in [-0.25, -0.2) is 9.37 Å². The summed E-state index contributed by atoms with van der Waals surface area (Å²) in [5.41, 5.74) is 4.39. The molecular formula is C21H19ClFN5O2S. The van der Waals surface area contributed by atoms with Gasteiger partial charge in [0.2, 0.25) is 11.8 Å². The van der Waals surface area contributed by atoms with E-state index in [0.717, 1.165) is 22.3 Å². The maximum absolute atomic E-state index is 13.8. The molecule has 0 aliphatic carbocycles. The summed E-state index contributed by atoms with van der Waals surface area (Å²) in [5.74, 6) is 0.385. The SMILES string of the molecule is Cc1cc2nc(SCc3noc(CCC(=O)Nc4ccc(Cl)cc4F)n3)[nH]c2cc1C. The molecule has 2 aromatic heterocycles. The Morgan fingerprint density at radius 1 is 1.23 bits per heavy atom. The molecule has 2 N–H and O–H groups in total. The number of aryl methyl sites for hydroxylation is 3. The van der Waals surface area contributed by atoms with E-state index in [9.17, 15) is 9.18 Å². The summed E-state index contributed by atoms with van der Waals surface area (Å²) in [7, 11) is 0. The van der Waals surface area contributed by atoms with Crippen LogP contribution in [0.15, 0.2) is 40.0 Å². The molecule has 0 saturated carbocycles. The predicted octanol–water partition coefficient (Wildman–Crippen LogP) is 5.22. The van der Waals surface area contributed by atoms with Crippen molar-refractivity contribution in [2.45, 2.75) is 37.6 Å². The van der Waals surface area contributed by atoms with Crippen LogP contribution < -0.4 is 5.32 Å². The van der Waals surface area contributed by atoms with Gasteiger partial charge in [0.25, 0.3) is 0 Å². The molecule has 0 unspecified atom stereocenters. The molecule has 0 saturated heterocycles. The molecule has 0 aliphatic heterocycles. The highest BCUT2D eigenvalue weighted by Gasteiger charge is 2.13. The van der Waals surface area contributed by atoms with E-state index in [0.29, 0.717) is 17.5 Å². The number of fused-ring (bicyclic) bond motifs is 1. The zero-order valence-electron chi connectivity index (χ0n) is 16.8. The molecule has 2 heterocycles. The number of aromatic amines is 1. The number of benzene rings is 2. The van der Waals surface area contributed by atoms with Gasteiger partial charge in [-0.1, -0.05) is 28.5 Å². The van der Waals surface area contributed by atoms with Gasteiger partial charge in [-0.3, -0.25) is 4.79 Å². The molecule has 0 bridgehead atoms. The first-order valence-corrected chi connectivity index (χ1v) is 10.9. The molecule has 160 valence electrons. The Bertz CT molecular complexity index is 1220. The van der Waals surface area contributed by atoms with Gasteiger partial charge in [-0.15, -0.1) is 0 Å². The van der Waals surface area contributed by atoms with Crippen LogP contribution in [-0.4, -0.2) is 26.0 Å². The van der Waals surface area contributed by atoms with Crippen molar-refractivity contribution in [2.75, 3.05) is 5.32 Å². The number of rotatable bonds is 7. The lowest BCUT2D eigenvalue weighted by atomic mass is 10.1. The number of carbonyl (C=O) groups excluding carboxylic acids is 1. The molecule has 0 aliphatic rings. The standard InChI is InChI=1S/C21H19ClFN5O2S/c1-11-7-16-17(8-12(11)2)26-21(25-16)31-10-18-27-20(30-28-18)6-5-19(29)24-15-4-3-13(22)9-14(15)23/h3-4,7-9H,5-6,10H2,1-2H3,(H,24,29)(H,25,26). The van der Waals surface area contributed by atoms with Gasteiger partial charge >= 0.3 is 0 Å². The third-order valence-corrected chi connectivity index (χ3v) is 5.80. The number of H-pyrrole nitrogens is 1. The van der Waals surface area contributed by atoms with Crippen LogP contribution in [0.2, 0.25) is 5.02 Å². The van der Waals surface area contributed by atoms with E-state index in [1.165, 1.54) is 35.0 Å². The molecule has 4 aromatic rings. The minimum atomic E-state index is -0.589. The number of nitrogens with zero attached hydrogens (tertiary/aromatic N) is 3. The number of imidazole rings is 1. The molecule has 0 atom stereocenters. The predicted molar refractivity (Wildman–Crippen MR) is 118 cm³/mol. The second kappa shape index (κ2) is 9.07. The Morgan fingerprint density at radius 2 is 2.03 bits per heavy atom. The quantitative estimate of drug-likeness (QED) is 0.368. The third-order valence-electron chi connectivity index (χ3n) is 4.69. The first-order valence-electron chi connectivity index (χ1n) is 9.53. The second-order valence-corrected chi connectivity index (χ2v) is 8.46. The highest BCUT2D eigenvalue weighted by Crippen LogP contribution is 2.24. The molecule has 0 radical (unpaired) electrons. The van der Waals surface area contributed by atoms with Crippen molar-refractivity contribution >= 4 is 46.0 Å². The van der Waals surface area contributed by atoms with Crippen LogP contribution in [0.25, 0.3) is 11.0 Å². The second-order valence-electron chi connectivity index (χ2n) is 7.06. The summed E-state index contributed by atoms with van der Waals surface area (Å²) in [4.78, 5) is 24.2. The van der Waals surface area contributed by atoms with Crippen molar-refractivity contribution in [3.05, 3.63) is 64.0 Å². The first-order chi connectivity index (χ1) is 14.9. The number of halogens is 2. The number of carbonyl (C=O) groups is 1. The van der Waals surface area contributed by atoms with Crippen LogP contribution in [0.4, 0.5) is 10.1 Å². The normalized spacial score (nSPS) is 11.2. The number of amides is 1. The van der Waals surface area contributed by atoms with Crippen molar-refractivity contribution in [2.24, 2.45) is 0 Å². The highest BCUT2D eigenvalue weighted by molar-refractivity contribution is 7.98. The monoisotopic (exact) mass is 459 g/mol. The van der Waals surface area contributed by atoms with Gasteiger partial charge in [-0.05, 0) is 55.3 Å². The Hall–Kier alpha value is -2.91. The van der Waals surface area contributed by atoms with Crippen LogP contribution in [0.3, 0.4) is 0 Å². The van der Waals surface area contributed by atoms with Crippen molar-refractivity contribution in [1.82, 2.24) is 20.1 Å². The molecular weight excluding hydrogens is 441 g/mol. The summed E-state index contributed by atoms with van der Waals surface area (Å²) >= 11 is 7.18. The molecule has 10 heteroatoms. The van der Waals surface area contributed by atoms with Crippen LogP contribution in [0, 0.1) is 19.7 Å². The summed E-state index contributed by atoms with van der Waals surface area (Å²) in [6.07, 6.45) is 0.334. The minimum absolute atomic E-state index is 0.0771. The van der Waals surface area contributed by atoms with E-state index in [-0.39, 0.29) is 29.5 Å². The fraction of sp³-hybridized carbons (Fsp3) is 0.238. The Kier molecular flexibility index (Phi) is 6.24. The molecule has 7 nitrogen and oxygen atoms in total. The van der Waals surface area contributed by atoms with Crippen LogP contribution >= 0.6 is 23.4 Å². The van der Waals surface area contributed by atoms with Crippen molar-refractivity contribution < 1.29 is 13.7 Å². The van der Waals surface area contributed by atoms with Crippen LogP contribution in [0.1, 0.15) is 29.3 Å². The lowest BCUT2D eigenvalue weighted by Crippen LogP contribution is -2.13. The van der Waals surface area contributed by atoms with Crippen molar-refractivity contribution in [3.8, 4) is 0 Å². The average molecular weight is 460 g/mol. The van der Waals surface area contributed by atoms with Crippen molar-refractivity contribution in [1.29, 1.82) is 0 Å². The smallest absolute Gasteiger partial charge is 0.227 e. The summed E-state index contributed by atoms with van der Waals surface area (Å²) < 4.78 is 19.0. The van der Waals surface area contributed by atoms with E-state index < -0.39 is 5.82 Å². The lowest BCUT2D eigenvalue weighted by Gasteiger charge is -2.05. The minimum Gasteiger partial charge on any atom is -0.339 e. The number of nitrogens with one attached hydrogen (secondary N) is 2. The van der Waals surface area contributed by atoms with Gasteiger partial charge in [0, 0.05) is 17.9 Å². The average Bonchev–Trinajstić information content (AvgIpc) is 3.34. The zero-order chi connectivity index (χ0) is 22.0. The van der Waals surface area contributed by atoms with E-state index >= 15 is 0 Å². The summed E-state index contributed by atoms with van der Waals surface area (Å²) in [6, 6.07) is 8.20. The van der Waals surface area contributed by atoms with E-state index in [4.69, 9.17) is 16.1 Å². The molecule has 2 aromatic carbocycles. The van der Waals surface area contributed by atoms with Gasteiger partial charge < -0.3 is 14.8 Å². The number of hydrogen-bond acceptors (Lipinski definition) is 6. The maximum atomic E-state index is 13.8. The van der Waals surface area contributed by atoms with E-state index in [1.807, 2.05) is 0 Å². The number of anilines is 1. The fourth-order valence-electron chi connectivity index (χ4n) is 2.92. The Morgan fingerprint density at radius 3 is 2.84 bits per heavy atom. The number of thioether (sulfide) groups is 1. The van der Waals surface area contributed by atoms with Gasteiger partial charge in [0.15, 0.2) is 11.0 Å². The Labute approximate surface area is 186 Å². The molecule has 4 rings (SSSR count). The maximum Gasteiger partial charge on any atom is 0.227 e. The lowest BCUT2D eigenvalue weighted by molar-refractivity contribution is -0.116. The first kappa shape index (κ1) is 21.3. The van der Waals surface area contributed by atoms with Crippen LogP contribution in [0.5, 0.6) is 0 Å². The molecule has 1 amide bonds. The van der Waals surface area contributed by atoms with Gasteiger partial charge in [-0.2, -0.15) is 4.98 Å². The largest absolute Gasteiger partial charge is 0.339 e. The zero-order valence-corrected chi connectivity index (χ0v) is 18.4. The Balaban J connectivity index is 1.29. The van der Waals surface area contributed by atoms with E-state index in [2.05, 4.69) is 51.4 Å². The van der Waals surface area contributed by atoms with Crippen LogP contribution in [-0.2, 0) is 17.0 Å². The van der Waals surface area contributed by atoms with Crippen molar-refractivity contribution in [3.63, 3.8) is 0 Å². The highest BCUT2D eigenvalue weighted by atomic mass is 35.5. The third kappa shape index (κ3) is 5.23. The molecule has 0 spiro atoms. The van der Waals surface area contributed by atoms with Gasteiger partial charge in [0.1, 0.15) is 5.82 Å². The topological polar surface area (TPSA) is 96.7 Å². The molecule has 0 fully saturated rings. The fourth-order valence-corrected chi connectivity index (χ4v) is 3.81. The number of hydrogen-bond donors (Lipinski definition) is 2. The number of aromatic nitrogens is 4. The summed E-state index contributed by atoms with van der Waals surface area (Å²) in [5, 5.41) is 7.48. The molecule has 31 heavy (non-hydrogen) atoms.